The Morgan fingerprint density at radius 1 is 1.30 bits per heavy atom. The molecular weight excluding hydrogens is 364 g/mol. The smallest absolute Gasteiger partial charge is 0.240 e. The molecule has 0 bridgehead atoms. The summed E-state index contributed by atoms with van der Waals surface area (Å²) < 4.78 is 1.79. The molecule has 0 spiro atoms. The Morgan fingerprint density at radius 3 is 2.56 bits per heavy atom. The molecule has 27 heavy (non-hydrogen) atoms. The van der Waals surface area contributed by atoms with Crippen LogP contribution in [0.5, 0.6) is 0 Å². The number of carbonyl (C=O) groups excluding carboxylic acids is 1. The molecule has 1 aromatic heterocycles. The van der Waals surface area contributed by atoms with Crippen LogP contribution in [0.25, 0.3) is 5.69 Å². The lowest BCUT2D eigenvalue weighted by Gasteiger charge is -2.25. The molecule has 2 aromatic rings. The van der Waals surface area contributed by atoms with Gasteiger partial charge in [0.1, 0.15) is 0 Å². The lowest BCUT2D eigenvalue weighted by Crippen LogP contribution is -2.48. The van der Waals surface area contributed by atoms with E-state index in [0.717, 1.165) is 11.3 Å². The number of nitrogens with one attached hydrogen (secondary N) is 2. The lowest BCUT2D eigenvalue weighted by atomic mass is 10.1. The van der Waals surface area contributed by atoms with Gasteiger partial charge in [-0.25, -0.2) is 4.68 Å². The van der Waals surface area contributed by atoms with Crippen molar-refractivity contribution < 1.29 is 4.79 Å². The first kappa shape index (κ1) is 20.8. The summed E-state index contributed by atoms with van der Waals surface area (Å²) >= 11 is 5.92. The third kappa shape index (κ3) is 6.60. The van der Waals surface area contributed by atoms with Gasteiger partial charge in [0.25, 0.3) is 0 Å². The number of aliphatic imine (C=N–C) groups is 1. The van der Waals surface area contributed by atoms with Gasteiger partial charge >= 0.3 is 0 Å². The molecule has 146 valence electrons. The largest absolute Gasteiger partial charge is 0.352 e. The molecule has 0 aliphatic rings. The number of nitrogens with zero attached hydrogens (tertiary/aromatic N) is 4. The van der Waals surface area contributed by atoms with Crippen LogP contribution in [0.15, 0.2) is 41.7 Å². The second-order valence-electron chi connectivity index (χ2n) is 7.32. The Morgan fingerprint density at radius 2 is 1.96 bits per heavy atom. The van der Waals surface area contributed by atoms with Crippen LogP contribution in [0.4, 0.5) is 0 Å². The van der Waals surface area contributed by atoms with E-state index in [1.54, 1.807) is 22.8 Å². The zero-order valence-electron chi connectivity index (χ0n) is 16.5. The highest BCUT2D eigenvalue weighted by atomic mass is 35.5. The number of guanidine groups is 1. The number of aromatic nitrogens is 2. The molecule has 2 rings (SSSR count). The molecule has 0 unspecified atom stereocenters. The Kier molecular flexibility index (Phi) is 6.85. The number of carbonyl (C=O) groups is 1. The SMILES string of the molecule is CN=C(NCc1cnn(-c2ccc(Cl)cc2)c1)N(C)CC(=O)NC(C)(C)C. The van der Waals surface area contributed by atoms with Crippen LogP contribution in [0.1, 0.15) is 26.3 Å². The predicted octanol–water partition coefficient (Wildman–Crippen LogP) is 2.45. The minimum atomic E-state index is -0.259. The average molecular weight is 391 g/mol. The minimum absolute atomic E-state index is 0.0523. The second kappa shape index (κ2) is 8.90. The Bertz CT molecular complexity index is 791. The summed E-state index contributed by atoms with van der Waals surface area (Å²) in [5, 5.41) is 11.3. The summed E-state index contributed by atoms with van der Waals surface area (Å²) in [5.41, 5.74) is 1.68. The summed E-state index contributed by atoms with van der Waals surface area (Å²) in [6.45, 7) is 6.63. The van der Waals surface area contributed by atoms with Crippen LogP contribution in [-0.4, -0.2) is 52.7 Å². The predicted molar refractivity (Wildman–Crippen MR) is 109 cm³/mol. The average Bonchev–Trinajstić information content (AvgIpc) is 3.03. The highest BCUT2D eigenvalue weighted by Gasteiger charge is 2.16. The van der Waals surface area contributed by atoms with Crippen molar-refractivity contribution in [2.75, 3.05) is 20.6 Å². The molecule has 1 aromatic carbocycles. The van der Waals surface area contributed by atoms with Gasteiger partial charge in [-0.05, 0) is 45.0 Å². The van der Waals surface area contributed by atoms with E-state index in [4.69, 9.17) is 11.6 Å². The number of hydrogen-bond acceptors (Lipinski definition) is 3. The zero-order chi connectivity index (χ0) is 20.0. The normalized spacial score (nSPS) is 12.0. The van der Waals surface area contributed by atoms with E-state index in [-0.39, 0.29) is 18.0 Å². The third-order valence-electron chi connectivity index (χ3n) is 3.65. The summed E-state index contributed by atoms with van der Waals surface area (Å²) in [4.78, 5) is 18.1. The molecule has 2 N–H and O–H groups in total. The van der Waals surface area contributed by atoms with Crippen molar-refractivity contribution in [1.29, 1.82) is 0 Å². The van der Waals surface area contributed by atoms with E-state index >= 15 is 0 Å². The van der Waals surface area contributed by atoms with Gasteiger partial charge in [0.05, 0.1) is 18.4 Å². The highest BCUT2D eigenvalue weighted by Crippen LogP contribution is 2.13. The first-order valence-corrected chi connectivity index (χ1v) is 9.08. The van der Waals surface area contributed by atoms with Crippen molar-refractivity contribution in [3.05, 3.63) is 47.2 Å². The van der Waals surface area contributed by atoms with E-state index in [1.807, 2.05) is 58.3 Å². The molecular formula is C19H27ClN6O. The molecule has 0 aliphatic heterocycles. The summed E-state index contributed by atoms with van der Waals surface area (Å²) in [5.74, 6) is 0.585. The maximum atomic E-state index is 12.1. The van der Waals surface area contributed by atoms with E-state index in [9.17, 15) is 4.79 Å². The first-order valence-electron chi connectivity index (χ1n) is 8.70. The number of benzene rings is 1. The number of likely N-dealkylation sites (N-methyl/N-ethyl adjacent to an activating group) is 1. The molecule has 0 saturated carbocycles. The van der Waals surface area contributed by atoms with Gasteiger partial charge in [0.15, 0.2) is 5.96 Å². The molecule has 0 aliphatic carbocycles. The van der Waals surface area contributed by atoms with Crippen LogP contribution < -0.4 is 10.6 Å². The standard InChI is InChI=1S/C19H27ClN6O/c1-19(2,3)24-17(27)13-25(5)18(21-4)22-10-14-11-23-26(12-14)16-8-6-15(20)7-9-16/h6-9,11-12H,10,13H2,1-5H3,(H,21,22)(H,24,27). The Labute approximate surface area is 165 Å². The van der Waals surface area contributed by atoms with Crippen molar-refractivity contribution >= 4 is 23.5 Å². The van der Waals surface area contributed by atoms with Crippen LogP contribution in [-0.2, 0) is 11.3 Å². The number of amides is 1. The van der Waals surface area contributed by atoms with E-state index in [1.165, 1.54) is 0 Å². The van der Waals surface area contributed by atoms with Crippen molar-refractivity contribution in [3.63, 3.8) is 0 Å². The van der Waals surface area contributed by atoms with Crippen molar-refractivity contribution in [2.24, 2.45) is 4.99 Å². The number of hydrogen-bond donors (Lipinski definition) is 2. The minimum Gasteiger partial charge on any atom is -0.352 e. The fraction of sp³-hybridized carbons (Fsp3) is 0.421. The van der Waals surface area contributed by atoms with Gasteiger partial charge in [0.2, 0.25) is 5.91 Å². The third-order valence-corrected chi connectivity index (χ3v) is 3.90. The number of rotatable bonds is 5. The van der Waals surface area contributed by atoms with Gasteiger partial charge < -0.3 is 15.5 Å². The van der Waals surface area contributed by atoms with Crippen LogP contribution >= 0.6 is 11.6 Å². The summed E-state index contributed by atoms with van der Waals surface area (Å²) in [6, 6.07) is 7.48. The maximum absolute atomic E-state index is 12.1. The molecule has 7 nitrogen and oxygen atoms in total. The second-order valence-corrected chi connectivity index (χ2v) is 7.76. The van der Waals surface area contributed by atoms with Gasteiger partial charge in [-0.1, -0.05) is 11.6 Å². The van der Waals surface area contributed by atoms with Crippen molar-refractivity contribution in [2.45, 2.75) is 32.9 Å². The van der Waals surface area contributed by atoms with Gasteiger partial charge in [0, 0.05) is 43.0 Å². The van der Waals surface area contributed by atoms with Crippen LogP contribution in [0, 0.1) is 0 Å². The molecule has 0 atom stereocenters. The summed E-state index contributed by atoms with van der Waals surface area (Å²) in [6.07, 6.45) is 3.73. The van der Waals surface area contributed by atoms with E-state index < -0.39 is 0 Å². The first-order chi connectivity index (χ1) is 12.7. The Hall–Kier alpha value is -2.54. The van der Waals surface area contributed by atoms with Crippen molar-refractivity contribution in [1.82, 2.24) is 25.3 Å². The van der Waals surface area contributed by atoms with Gasteiger partial charge in [-0.3, -0.25) is 9.79 Å². The van der Waals surface area contributed by atoms with Crippen molar-refractivity contribution in [3.8, 4) is 5.69 Å². The van der Waals surface area contributed by atoms with Gasteiger partial charge in [-0.15, -0.1) is 0 Å². The van der Waals surface area contributed by atoms with E-state index in [0.29, 0.717) is 17.5 Å². The molecule has 0 radical (unpaired) electrons. The molecule has 0 saturated heterocycles. The maximum Gasteiger partial charge on any atom is 0.240 e. The molecule has 0 fully saturated rings. The summed E-state index contributed by atoms with van der Waals surface area (Å²) in [7, 11) is 3.52. The fourth-order valence-electron chi connectivity index (χ4n) is 2.50. The van der Waals surface area contributed by atoms with Gasteiger partial charge in [-0.2, -0.15) is 5.10 Å². The molecule has 1 amide bonds. The lowest BCUT2D eigenvalue weighted by molar-refractivity contribution is -0.122. The van der Waals surface area contributed by atoms with Crippen LogP contribution in [0.3, 0.4) is 0 Å². The molecule has 1 heterocycles. The van der Waals surface area contributed by atoms with Crippen LogP contribution in [0.2, 0.25) is 5.02 Å². The topological polar surface area (TPSA) is 74.5 Å². The number of halogens is 1. The zero-order valence-corrected chi connectivity index (χ0v) is 17.2. The quantitative estimate of drug-likeness (QED) is 0.607. The monoisotopic (exact) mass is 390 g/mol. The van der Waals surface area contributed by atoms with E-state index in [2.05, 4.69) is 20.7 Å². The fourth-order valence-corrected chi connectivity index (χ4v) is 2.63. The Balaban J connectivity index is 1.92. The molecule has 8 heteroatoms. The highest BCUT2D eigenvalue weighted by molar-refractivity contribution is 6.30.